The summed E-state index contributed by atoms with van der Waals surface area (Å²) >= 11 is 0. The monoisotopic (exact) mass is 943 g/mol. The van der Waals surface area contributed by atoms with E-state index in [1.165, 1.54) is 19.3 Å². The van der Waals surface area contributed by atoms with E-state index in [2.05, 4.69) is 101 Å². The fourth-order valence-corrected chi connectivity index (χ4v) is 6.58. The van der Waals surface area contributed by atoms with Crippen LogP contribution in [-0.4, -0.2) is 81.6 Å². The zero-order valence-electron chi connectivity index (χ0n) is 38.5. The normalized spacial score (nSPS) is 15.3. The van der Waals surface area contributed by atoms with Gasteiger partial charge in [-0.05, 0) is 103 Å². The van der Waals surface area contributed by atoms with E-state index in [1.54, 1.807) is 0 Å². The Morgan fingerprint density at radius 2 is 0.922 bits per heavy atom. The maximum atomic E-state index is 12.7. The summed E-state index contributed by atoms with van der Waals surface area (Å²) in [6.45, 7) is 1.33. The highest BCUT2D eigenvalue weighted by molar-refractivity contribution is 7.47. The number of unbranched alkanes of at least 4 members (excludes halogenated alkanes) is 7. The second-order valence-corrected chi connectivity index (χ2v) is 17.8. The maximum Gasteiger partial charge on any atom is 0.472 e. The van der Waals surface area contributed by atoms with Gasteiger partial charge in [0.15, 0.2) is 6.10 Å². The van der Waals surface area contributed by atoms with Crippen molar-refractivity contribution in [1.82, 2.24) is 0 Å². The number of phosphoric ester groups is 2. The SMILES string of the molecule is CCCCC/C=C\C/C=C\C/C=C\C/C=C\CCCCCC(=O)OC[C@H](COP(=O)(O)OC[C@@H](O)COP(=O)(O)O)OC(=O)CCC/C=C\C/C=C\C/C=C\C/C=C\CC[C@H](O)CC. The van der Waals surface area contributed by atoms with Crippen LogP contribution in [0.15, 0.2) is 97.2 Å². The predicted molar refractivity (Wildman–Crippen MR) is 254 cm³/mol. The third-order valence-corrected chi connectivity index (χ3v) is 10.5. The van der Waals surface area contributed by atoms with Crippen LogP contribution in [0.5, 0.6) is 0 Å². The number of phosphoric acid groups is 2. The highest BCUT2D eigenvalue weighted by Gasteiger charge is 2.28. The van der Waals surface area contributed by atoms with Crippen molar-refractivity contribution in [3.63, 3.8) is 0 Å². The Bertz CT molecular complexity index is 1510. The van der Waals surface area contributed by atoms with Crippen LogP contribution in [0.25, 0.3) is 0 Å². The van der Waals surface area contributed by atoms with E-state index < -0.39 is 66.2 Å². The van der Waals surface area contributed by atoms with Gasteiger partial charge in [0.05, 0.1) is 25.9 Å². The lowest BCUT2D eigenvalue weighted by atomic mass is 10.1. The molecule has 0 rings (SSSR count). The molecular weight excluding hydrogens is 862 g/mol. The number of allylic oxidation sites excluding steroid dienone is 16. The molecule has 366 valence electrons. The fraction of sp³-hybridized carbons (Fsp3) is 0.625. The molecule has 4 atom stereocenters. The first-order chi connectivity index (χ1) is 30.8. The first-order valence-corrected chi connectivity index (χ1v) is 26.0. The molecule has 0 spiro atoms. The van der Waals surface area contributed by atoms with Crippen molar-refractivity contribution in [2.45, 2.75) is 167 Å². The molecular formula is C48H80O14P2. The van der Waals surface area contributed by atoms with Crippen LogP contribution < -0.4 is 0 Å². The topological polar surface area (TPSA) is 216 Å². The van der Waals surface area contributed by atoms with Gasteiger partial charge in [-0.15, -0.1) is 0 Å². The summed E-state index contributed by atoms with van der Waals surface area (Å²) < 4.78 is 47.7. The predicted octanol–water partition coefficient (Wildman–Crippen LogP) is 11.1. The lowest BCUT2D eigenvalue weighted by Gasteiger charge is -2.20. The quantitative estimate of drug-likeness (QED) is 0.0167. The van der Waals surface area contributed by atoms with E-state index in [4.69, 9.17) is 23.8 Å². The van der Waals surface area contributed by atoms with Gasteiger partial charge in [0.1, 0.15) is 12.7 Å². The van der Waals surface area contributed by atoms with Gasteiger partial charge in [0.2, 0.25) is 0 Å². The average Bonchev–Trinajstić information content (AvgIpc) is 3.26. The van der Waals surface area contributed by atoms with E-state index >= 15 is 0 Å². The summed E-state index contributed by atoms with van der Waals surface area (Å²) in [6.07, 6.45) is 47.7. The first-order valence-electron chi connectivity index (χ1n) is 23.0. The van der Waals surface area contributed by atoms with Crippen molar-refractivity contribution in [2.75, 3.05) is 26.4 Å². The maximum absolute atomic E-state index is 12.7. The Labute approximate surface area is 383 Å². The van der Waals surface area contributed by atoms with Crippen LogP contribution in [0.1, 0.15) is 149 Å². The molecule has 1 unspecified atom stereocenters. The molecule has 64 heavy (non-hydrogen) atoms. The summed E-state index contributed by atoms with van der Waals surface area (Å²) in [6, 6.07) is 0. The molecule has 0 aromatic carbocycles. The number of aliphatic hydroxyl groups is 2. The van der Waals surface area contributed by atoms with Gasteiger partial charge in [-0.3, -0.25) is 23.2 Å². The number of hydrogen-bond acceptors (Lipinski definition) is 11. The van der Waals surface area contributed by atoms with Gasteiger partial charge in [-0.25, -0.2) is 9.13 Å². The second kappa shape index (κ2) is 42.6. The van der Waals surface area contributed by atoms with E-state index in [0.717, 1.165) is 83.5 Å². The van der Waals surface area contributed by atoms with Crippen LogP contribution in [0.4, 0.5) is 0 Å². The van der Waals surface area contributed by atoms with E-state index in [9.17, 15) is 33.8 Å². The first kappa shape index (κ1) is 61.0. The number of rotatable bonds is 42. The molecule has 0 aromatic rings. The largest absolute Gasteiger partial charge is 0.472 e. The fourth-order valence-electron chi connectivity index (χ4n) is 5.42. The average molecular weight is 943 g/mol. The van der Waals surface area contributed by atoms with Crippen molar-refractivity contribution < 1.29 is 66.7 Å². The zero-order chi connectivity index (χ0) is 47.4. The molecule has 14 nitrogen and oxygen atoms in total. The minimum atomic E-state index is -4.88. The van der Waals surface area contributed by atoms with Gasteiger partial charge < -0.3 is 34.4 Å². The van der Waals surface area contributed by atoms with Crippen molar-refractivity contribution in [2.24, 2.45) is 0 Å². The molecule has 0 fully saturated rings. The third kappa shape index (κ3) is 45.6. The Morgan fingerprint density at radius 3 is 1.42 bits per heavy atom. The Morgan fingerprint density at radius 1 is 0.484 bits per heavy atom. The van der Waals surface area contributed by atoms with Crippen molar-refractivity contribution >= 4 is 27.6 Å². The smallest absolute Gasteiger partial charge is 0.462 e. The highest BCUT2D eigenvalue weighted by Crippen LogP contribution is 2.43. The van der Waals surface area contributed by atoms with Crippen LogP contribution in [-0.2, 0) is 41.8 Å². The molecule has 0 aromatic heterocycles. The van der Waals surface area contributed by atoms with Crippen molar-refractivity contribution in [3.8, 4) is 0 Å². The minimum Gasteiger partial charge on any atom is -0.462 e. The molecule has 0 saturated heterocycles. The van der Waals surface area contributed by atoms with E-state index in [-0.39, 0.29) is 18.9 Å². The Kier molecular flexibility index (Phi) is 40.6. The summed E-state index contributed by atoms with van der Waals surface area (Å²) in [4.78, 5) is 52.7. The number of ether oxygens (including phenoxy) is 2. The molecule has 0 radical (unpaired) electrons. The molecule has 0 heterocycles. The lowest BCUT2D eigenvalue weighted by molar-refractivity contribution is -0.161. The summed E-state index contributed by atoms with van der Waals surface area (Å²) in [5.74, 6) is -1.16. The zero-order valence-corrected chi connectivity index (χ0v) is 40.2. The third-order valence-electron chi connectivity index (χ3n) is 9.10. The van der Waals surface area contributed by atoms with Gasteiger partial charge in [-0.1, -0.05) is 130 Å². The number of aliphatic hydroxyl groups excluding tert-OH is 2. The summed E-state index contributed by atoms with van der Waals surface area (Å²) in [5, 5.41) is 19.3. The molecule has 16 heteroatoms. The minimum absolute atomic E-state index is 0.0293. The van der Waals surface area contributed by atoms with Crippen molar-refractivity contribution in [1.29, 1.82) is 0 Å². The van der Waals surface area contributed by atoms with Crippen LogP contribution in [0.2, 0.25) is 0 Å². The molecule has 0 saturated carbocycles. The number of carbonyl (C=O) groups excluding carboxylic acids is 2. The van der Waals surface area contributed by atoms with Gasteiger partial charge in [-0.2, -0.15) is 0 Å². The summed E-state index contributed by atoms with van der Waals surface area (Å²) in [7, 11) is -9.73. The number of carbonyl (C=O) groups is 2. The van der Waals surface area contributed by atoms with E-state index in [0.29, 0.717) is 19.3 Å². The molecule has 0 aliphatic heterocycles. The van der Waals surface area contributed by atoms with Gasteiger partial charge in [0.25, 0.3) is 0 Å². The molecule has 0 amide bonds. The molecule has 0 aliphatic carbocycles. The van der Waals surface area contributed by atoms with Gasteiger partial charge in [0, 0.05) is 12.8 Å². The molecule has 5 N–H and O–H groups in total. The number of esters is 2. The van der Waals surface area contributed by atoms with Crippen LogP contribution in [0, 0.1) is 0 Å². The number of hydrogen-bond donors (Lipinski definition) is 5. The van der Waals surface area contributed by atoms with Gasteiger partial charge >= 0.3 is 27.6 Å². The standard InChI is InChI=1S/C48H80O14P2/c1-3-5-6-7-8-9-10-11-12-13-14-15-16-20-23-26-29-32-35-38-47(51)58-42-46(43-61-64(56,57)60-41-45(50)40-59-63(53,54)55)62-48(52)39-36-33-30-27-24-21-18-17-19-22-25-28-31-34-37-44(49)4-2/h8-9,11-12,14-15,18-23,27-28,30-31,44-46,49-50H,3-7,10,13,16-17,24-26,29,32-43H2,1-2H3,(H,56,57)(H2,53,54,55)/b9-8-,12-11-,15-14-,21-18-,22-19-,23-20-,30-27-,31-28-/t44-,45+,46-/m1/s1. The Balaban J connectivity index is 4.67. The van der Waals surface area contributed by atoms with Crippen LogP contribution in [0.3, 0.4) is 0 Å². The highest BCUT2D eigenvalue weighted by atomic mass is 31.2. The van der Waals surface area contributed by atoms with Crippen molar-refractivity contribution in [3.05, 3.63) is 97.2 Å². The summed E-state index contributed by atoms with van der Waals surface area (Å²) in [5.41, 5.74) is 0. The molecule has 0 aliphatic rings. The second-order valence-electron chi connectivity index (χ2n) is 15.1. The molecule has 0 bridgehead atoms. The Hall–Kier alpha value is -3.00. The van der Waals surface area contributed by atoms with E-state index in [1.807, 2.05) is 19.1 Å². The lowest BCUT2D eigenvalue weighted by Crippen LogP contribution is -2.29. The van der Waals surface area contributed by atoms with Crippen LogP contribution >= 0.6 is 15.6 Å².